The zero-order valence-electron chi connectivity index (χ0n) is 15.1. The highest BCUT2D eigenvalue weighted by molar-refractivity contribution is 5.94. The third kappa shape index (κ3) is 6.41. The van der Waals surface area contributed by atoms with Gasteiger partial charge in [0, 0.05) is 11.6 Å². The van der Waals surface area contributed by atoms with Crippen LogP contribution < -0.4 is 15.5 Å². The quantitative estimate of drug-likeness (QED) is 0.365. The number of carbonyl (C=O) groups excluding carboxylic acids is 2. The third-order valence-electron chi connectivity index (χ3n) is 3.54. The summed E-state index contributed by atoms with van der Waals surface area (Å²) in [6, 6.07) is 13.2. The van der Waals surface area contributed by atoms with Crippen molar-refractivity contribution in [1.82, 2.24) is 10.7 Å². The average molecular weight is 381 g/mol. The maximum Gasteiger partial charge on any atom is 0.335 e. The van der Waals surface area contributed by atoms with Crippen LogP contribution in [0.1, 0.15) is 21.5 Å². The van der Waals surface area contributed by atoms with E-state index >= 15 is 0 Å². The number of hydrogen-bond acceptors (Lipinski definition) is 5. The number of carboxylic acid groups (broad SMARTS) is 1. The Hall–Kier alpha value is -3.94. The molecule has 0 unspecified atom stereocenters. The van der Waals surface area contributed by atoms with Crippen molar-refractivity contribution in [3.05, 3.63) is 71.3 Å². The molecule has 0 aliphatic heterocycles. The first-order valence-electron chi connectivity index (χ1n) is 8.24. The normalized spacial score (nSPS) is 10.8. The van der Waals surface area contributed by atoms with Gasteiger partial charge in [-0.3, -0.25) is 9.59 Å². The Kier molecular flexibility index (Phi) is 7.47. The fourth-order valence-corrected chi connectivity index (χ4v) is 2.13. The Balaban J connectivity index is 1.77. The summed E-state index contributed by atoms with van der Waals surface area (Å²) in [7, 11) is 1.54. The van der Waals surface area contributed by atoms with Gasteiger partial charge in [0.05, 0.1) is 25.4 Å². The highest BCUT2D eigenvalue weighted by atomic mass is 16.5. The van der Waals surface area contributed by atoms with E-state index in [1.807, 2.05) is 12.1 Å². The Morgan fingerprint density at radius 2 is 1.82 bits per heavy atom. The predicted octanol–water partition coefficient (Wildman–Crippen LogP) is 1.67. The molecule has 0 saturated carbocycles. The lowest BCUT2D eigenvalue weighted by Crippen LogP contribution is -2.34. The van der Waals surface area contributed by atoms with E-state index in [1.165, 1.54) is 31.5 Å². The molecule has 0 bridgehead atoms. The van der Waals surface area contributed by atoms with Crippen molar-refractivity contribution in [1.29, 1.82) is 0 Å². The molecule has 0 radical (unpaired) electrons. The second-order valence-electron chi connectivity index (χ2n) is 5.51. The number of methoxy groups -OCH3 is 1. The van der Waals surface area contributed by atoms with Crippen molar-refractivity contribution < 1.29 is 24.2 Å². The molecule has 0 heterocycles. The lowest BCUT2D eigenvalue weighted by Gasteiger charge is -2.04. The van der Waals surface area contributed by atoms with Gasteiger partial charge in [-0.15, -0.1) is 0 Å². The third-order valence-corrected chi connectivity index (χ3v) is 3.54. The molecule has 8 heteroatoms. The van der Waals surface area contributed by atoms with Gasteiger partial charge in [-0.25, -0.2) is 10.2 Å². The van der Waals surface area contributed by atoms with E-state index in [4.69, 9.17) is 9.84 Å². The van der Waals surface area contributed by atoms with E-state index in [0.717, 1.165) is 5.56 Å². The second-order valence-corrected chi connectivity index (χ2v) is 5.51. The minimum absolute atomic E-state index is 0.157. The van der Waals surface area contributed by atoms with E-state index in [0.29, 0.717) is 11.3 Å². The van der Waals surface area contributed by atoms with Gasteiger partial charge in [0.15, 0.2) is 0 Å². The number of aromatic carboxylic acids is 1. The van der Waals surface area contributed by atoms with Crippen LogP contribution in [0.15, 0.2) is 59.7 Å². The van der Waals surface area contributed by atoms with Gasteiger partial charge in [-0.1, -0.05) is 30.3 Å². The SMILES string of the molecule is COc1ccccc1/C=C/C(=O)NCC(=O)NN=Cc1ccc(C(=O)O)cc1. The molecule has 144 valence electrons. The molecular weight excluding hydrogens is 362 g/mol. The number of amides is 2. The molecular formula is C20H19N3O5. The van der Waals surface area contributed by atoms with Gasteiger partial charge < -0.3 is 15.2 Å². The standard InChI is InChI=1S/C20H19N3O5/c1-28-17-5-3-2-4-15(17)10-11-18(24)21-13-19(25)23-22-12-14-6-8-16(9-7-14)20(26)27/h2-12H,13H2,1H3,(H,21,24)(H,23,25)(H,26,27)/b11-10+,22-12?. The minimum atomic E-state index is -1.02. The first kappa shape index (κ1) is 20.4. The molecule has 0 atom stereocenters. The van der Waals surface area contributed by atoms with Crippen molar-refractivity contribution in [2.45, 2.75) is 0 Å². The summed E-state index contributed by atoms with van der Waals surface area (Å²) in [6.07, 6.45) is 4.26. The van der Waals surface area contributed by atoms with Crippen LogP contribution in [0.25, 0.3) is 6.08 Å². The molecule has 2 aromatic rings. The summed E-state index contributed by atoms with van der Waals surface area (Å²) in [4.78, 5) is 34.3. The lowest BCUT2D eigenvalue weighted by molar-refractivity contribution is -0.123. The highest BCUT2D eigenvalue weighted by Gasteiger charge is 2.03. The Bertz CT molecular complexity index is 904. The molecule has 0 spiro atoms. The van der Waals surface area contributed by atoms with Crippen LogP contribution >= 0.6 is 0 Å². The van der Waals surface area contributed by atoms with Crippen molar-refractivity contribution in [2.24, 2.45) is 5.10 Å². The van der Waals surface area contributed by atoms with E-state index in [2.05, 4.69) is 15.8 Å². The molecule has 0 fully saturated rings. The maximum atomic E-state index is 11.8. The summed E-state index contributed by atoms with van der Waals surface area (Å²) in [5, 5.41) is 15.0. The van der Waals surface area contributed by atoms with Gasteiger partial charge >= 0.3 is 5.97 Å². The number of carboxylic acids is 1. The van der Waals surface area contributed by atoms with Crippen LogP contribution in [-0.4, -0.2) is 42.8 Å². The molecule has 3 N–H and O–H groups in total. The first-order valence-corrected chi connectivity index (χ1v) is 8.24. The van der Waals surface area contributed by atoms with Gasteiger partial charge in [0.2, 0.25) is 5.91 Å². The van der Waals surface area contributed by atoms with Gasteiger partial charge in [-0.2, -0.15) is 5.10 Å². The van der Waals surface area contributed by atoms with E-state index in [-0.39, 0.29) is 12.1 Å². The Morgan fingerprint density at radius 3 is 2.50 bits per heavy atom. The molecule has 2 rings (SSSR count). The van der Waals surface area contributed by atoms with E-state index in [9.17, 15) is 14.4 Å². The van der Waals surface area contributed by atoms with Crippen molar-refractivity contribution in [3.63, 3.8) is 0 Å². The number of nitrogens with zero attached hydrogens (tertiary/aromatic N) is 1. The van der Waals surface area contributed by atoms with Gasteiger partial charge in [0.1, 0.15) is 5.75 Å². The number of hydrazone groups is 1. The molecule has 0 aliphatic carbocycles. The number of hydrogen-bond donors (Lipinski definition) is 3. The molecule has 2 aromatic carbocycles. The largest absolute Gasteiger partial charge is 0.496 e. The summed E-state index contributed by atoms with van der Waals surface area (Å²) in [5.74, 6) is -1.32. The van der Waals surface area contributed by atoms with Gasteiger partial charge in [0.25, 0.3) is 5.91 Å². The fourth-order valence-electron chi connectivity index (χ4n) is 2.13. The summed E-state index contributed by atoms with van der Waals surface area (Å²) < 4.78 is 5.18. The average Bonchev–Trinajstić information content (AvgIpc) is 2.71. The minimum Gasteiger partial charge on any atom is -0.496 e. The monoisotopic (exact) mass is 381 g/mol. The zero-order valence-corrected chi connectivity index (χ0v) is 15.1. The van der Waals surface area contributed by atoms with Crippen LogP contribution in [0.2, 0.25) is 0 Å². The number of nitrogens with one attached hydrogen (secondary N) is 2. The first-order chi connectivity index (χ1) is 13.5. The number of para-hydroxylation sites is 1. The highest BCUT2D eigenvalue weighted by Crippen LogP contribution is 2.18. The topological polar surface area (TPSA) is 117 Å². The van der Waals surface area contributed by atoms with Crippen molar-refractivity contribution in [3.8, 4) is 5.75 Å². The lowest BCUT2D eigenvalue weighted by atomic mass is 10.1. The van der Waals surface area contributed by atoms with Crippen LogP contribution in [0, 0.1) is 0 Å². The van der Waals surface area contributed by atoms with Crippen molar-refractivity contribution in [2.75, 3.05) is 13.7 Å². The zero-order chi connectivity index (χ0) is 20.4. The molecule has 8 nitrogen and oxygen atoms in total. The summed E-state index contributed by atoms with van der Waals surface area (Å²) in [5.41, 5.74) is 3.79. The smallest absolute Gasteiger partial charge is 0.335 e. The summed E-state index contributed by atoms with van der Waals surface area (Å²) in [6.45, 7) is -0.246. The number of rotatable bonds is 8. The van der Waals surface area contributed by atoms with Crippen LogP contribution in [-0.2, 0) is 9.59 Å². The number of benzene rings is 2. The Labute approximate surface area is 161 Å². The molecule has 28 heavy (non-hydrogen) atoms. The number of carbonyl (C=O) groups is 3. The molecule has 0 aromatic heterocycles. The van der Waals surface area contributed by atoms with E-state index < -0.39 is 17.8 Å². The van der Waals surface area contributed by atoms with Crippen LogP contribution in [0.4, 0.5) is 0 Å². The van der Waals surface area contributed by atoms with E-state index in [1.54, 1.807) is 30.3 Å². The Morgan fingerprint density at radius 1 is 1.11 bits per heavy atom. The molecule has 0 aliphatic rings. The van der Waals surface area contributed by atoms with Crippen LogP contribution in [0.3, 0.4) is 0 Å². The van der Waals surface area contributed by atoms with Crippen molar-refractivity contribution >= 4 is 30.1 Å². The molecule has 0 saturated heterocycles. The molecule has 2 amide bonds. The predicted molar refractivity (Wildman–Crippen MR) is 104 cm³/mol. The number of ether oxygens (including phenoxy) is 1. The van der Waals surface area contributed by atoms with Gasteiger partial charge in [-0.05, 0) is 29.8 Å². The maximum absolute atomic E-state index is 11.8. The summed E-state index contributed by atoms with van der Waals surface area (Å²) >= 11 is 0. The fraction of sp³-hybridized carbons (Fsp3) is 0.100. The second kappa shape index (κ2) is 10.3. The van der Waals surface area contributed by atoms with Crippen LogP contribution in [0.5, 0.6) is 5.75 Å².